The summed E-state index contributed by atoms with van der Waals surface area (Å²) in [5.74, 6) is -0.473. The third-order valence-corrected chi connectivity index (χ3v) is 3.09. The van der Waals surface area contributed by atoms with Crippen molar-refractivity contribution in [3.63, 3.8) is 0 Å². The van der Waals surface area contributed by atoms with E-state index in [2.05, 4.69) is 15.3 Å². The summed E-state index contributed by atoms with van der Waals surface area (Å²) < 4.78 is 0. The summed E-state index contributed by atoms with van der Waals surface area (Å²) in [6.45, 7) is 0. The van der Waals surface area contributed by atoms with Gasteiger partial charge < -0.3 is 0 Å². The number of thiophene rings is 1. The van der Waals surface area contributed by atoms with E-state index in [4.69, 9.17) is 11.6 Å². The molecular weight excluding hydrogens is 280 g/mol. The Hall–Kier alpha value is -2.06. The lowest BCUT2D eigenvalue weighted by atomic mass is 10.4. The van der Waals surface area contributed by atoms with Gasteiger partial charge in [-0.1, -0.05) is 22.9 Å². The normalized spacial score (nSPS) is 10.1. The number of aromatic nitrogens is 2. The van der Waals surface area contributed by atoms with Crippen LogP contribution in [0.25, 0.3) is 0 Å². The third kappa shape index (κ3) is 2.79. The molecule has 0 radical (unpaired) electrons. The van der Waals surface area contributed by atoms with Crippen molar-refractivity contribution in [2.75, 3.05) is 5.32 Å². The fourth-order valence-electron chi connectivity index (χ4n) is 1.11. The summed E-state index contributed by atoms with van der Waals surface area (Å²) in [4.78, 5) is 29.4. The molecule has 9 heteroatoms. The molecule has 0 aliphatic heterocycles. The van der Waals surface area contributed by atoms with E-state index < -0.39 is 10.8 Å². The lowest BCUT2D eigenvalue weighted by Crippen LogP contribution is -2.12. The Morgan fingerprint density at radius 1 is 1.44 bits per heavy atom. The van der Waals surface area contributed by atoms with Crippen molar-refractivity contribution in [3.05, 3.63) is 44.5 Å². The molecular formula is C9H5ClN4O3S. The minimum atomic E-state index is -0.558. The summed E-state index contributed by atoms with van der Waals surface area (Å²) in [5, 5.41) is 13.0. The number of carbonyl (C=O) groups is 1. The average Bonchev–Trinajstić information content (AvgIpc) is 2.78. The number of hydrogen-bond acceptors (Lipinski definition) is 6. The van der Waals surface area contributed by atoms with Gasteiger partial charge in [-0.2, -0.15) is 0 Å². The standard InChI is InChI=1S/C9H5ClN4O3S/c10-6-3-4-11-9(12-6)13-8(15)5-1-2-7(18-5)14(16)17/h1-4H,(H,11,12,13,15). The minimum absolute atomic E-state index is 0.0450. The molecule has 0 saturated carbocycles. The van der Waals surface area contributed by atoms with Crippen molar-refractivity contribution in [1.29, 1.82) is 0 Å². The van der Waals surface area contributed by atoms with E-state index in [1.54, 1.807) is 0 Å². The van der Waals surface area contributed by atoms with Crippen LogP contribution in [0.5, 0.6) is 0 Å². The maximum Gasteiger partial charge on any atom is 0.324 e. The fraction of sp³-hybridized carbons (Fsp3) is 0. The predicted molar refractivity (Wildman–Crippen MR) is 66.0 cm³/mol. The van der Waals surface area contributed by atoms with Gasteiger partial charge in [-0.3, -0.25) is 20.2 Å². The molecule has 2 aromatic rings. The first-order valence-corrected chi connectivity index (χ1v) is 5.80. The van der Waals surface area contributed by atoms with Crippen molar-refractivity contribution in [2.45, 2.75) is 0 Å². The van der Waals surface area contributed by atoms with Crippen molar-refractivity contribution in [3.8, 4) is 0 Å². The van der Waals surface area contributed by atoms with Crippen LogP contribution in [0.2, 0.25) is 5.15 Å². The molecule has 0 spiro atoms. The molecule has 0 aliphatic carbocycles. The topological polar surface area (TPSA) is 98.0 Å². The molecule has 0 aromatic carbocycles. The van der Waals surface area contributed by atoms with Gasteiger partial charge in [0.05, 0.1) is 9.80 Å². The molecule has 2 aromatic heterocycles. The Labute approximate surface area is 110 Å². The summed E-state index contributed by atoms with van der Waals surface area (Å²) in [6, 6.07) is 4.09. The summed E-state index contributed by atoms with van der Waals surface area (Å²) in [6.07, 6.45) is 1.39. The van der Waals surface area contributed by atoms with E-state index in [1.165, 1.54) is 24.4 Å². The van der Waals surface area contributed by atoms with Crippen molar-refractivity contribution >= 4 is 39.8 Å². The molecule has 0 aliphatic rings. The van der Waals surface area contributed by atoms with Crippen LogP contribution in [0.15, 0.2) is 24.4 Å². The first-order valence-electron chi connectivity index (χ1n) is 4.60. The summed E-state index contributed by atoms with van der Waals surface area (Å²) >= 11 is 6.40. The zero-order valence-corrected chi connectivity index (χ0v) is 10.2. The second-order valence-electron chi connectivity index (χ2n) is 3.05. The van der Waals surface area contributed by atoms with E-state index in [1.807, 2.05) is 0 Å². The van der Waals surface area contributed by atoms with E-state index in [0.717, 1.165) is 11.3 Å². The molecule has 0 fully saturated rings. The number of nitrogens with one attached hydrogen (secondary N) is 1. The predicted octanol–water partition coefficient (Wildman–Crippen LogP) is 2.35. The van der Waals surface area contributed by atoms with Crippen LogP contribution in [-0.4, -0.2) is 20.8 Å². The lowest BCUT2D eigenvalue weighted by molar-refractivity contribution is -0.380. The first kappa shape index (κ1) is 12.4. The third-order valence-electron chi connectivity index (χ3n) is 1.84. The fourth-order valence-corrected chi connectivity index (χ4v) is 1.96. The summed E-state index contributed by atoms with van der Waals surface area (Å²) in [7, 11) is 0. The van der Waals surface area contributed by atoms with Gasteiger partial charge in [0.25, 0.3) is 5.91 Å². The molecule has 2 rings (SSSR count). The Balaban J connectivity index is 2.14. The van der Waals surface area contributed by atoms with Gasteiger partial charge in [-0.25, -0.2) is 9.97 Å². The Kier molecular flexibility index (Phi) is 3.49. The van der Waals surface area contributed by atoms with Crippen LogP contribution in [0.1, 0.15) is 9.67 Å². The number of anilines is 1. The van der Waals surface area contributed by atoms with Crippen LogP contribution in [0.4, 0.5) is 10.9 Å². The van der Waals surface area contributed by atoms with Crippen molar-refractivity contribution in [2.24, 2.45) is 0 Å². The highest BCUT2D eigenvalue weighted by molar-refractivity contribution is 7.17. The average molecular weight is 285 g/mol. The van der Waals surface area contributed by atoms with Crippen LogP contribution >= 0.6 is 22.9 Å². The highest BCUT2D eigenvalue weighted by Crippen LogP contribution is 2.24. The minimum Gasteiger partial charge on any atom is -0.290 e. The number of nitrogens with zero attached hydrogens (tertiary/aromatic N) is 3. The molecule has 0 bridgehead atoms. The van der Waals surface area contributed by atoms with Gasteiger partial charge in [0, 0.05) is 12.3 Å². The molecule has 2 heterocycles. The van der Waals surface area contributed by atoms with E-state index in [0.29, 0.717) is 0 Å². The van der Waals surface area contributed by atoms with E-state index in [9.17, 15) is 14.9 Å². The van der Waals surface area contributed by atoms with E-state index >= 15 is 0 Å². The van der Waals surface area contributed by atoms with Crippen LogP contribution < -0.4 is 5.32 Å². The molecule has 92 valence electrons. The SMILES string of the molecule is O=C(Nc1nccc(Cl)n1)c1ccc([N+](=O)[O-])s1. The Morgan fingerprint density at radius 2 is 2.22 bits per heavy atom. The maximum atomic E-state index is 11.7. The van der Waals surface area contributed by atoms with Crippen LogP contribution in [0.3, 0.4) is 0 Å². The van der Waals surface area contributed by atoms with Gasteiger partial charge >= 0.3 is 5.00 Å². The van der Waals surface area contributed by atoms with Crippen molar-refractivity contribution in [1.82, 2.24) is 9.97 Å². The molecule has 18 heavy (non-hydrogen) atoms. The smallest absolute Gasteiger partial charge is 0.290 e. The summed E-state index contributed by atoms with van der Waals surface area (Å²) in [5.41, 5.74) is 0. The first-order chi connectivity index (χ1) is 8.56. The van der Waals surface area contributed by atoms with Gasteiger partial charge in [-0.15, -0.1) is 0 Å². The second-order valence-corrected chi connectivity index (χ2v) is 4.50. The second kappa shape index (κ2) is 5.07. The molecule has 0 atom stereocenters. The highest BCUT2D eigenvalue weighted by Gasteiger charge is 2.16. The number of halogens is 1. The number of rotatable bonds is 3. The van der Waals surface area contributed by atoms with Gasteiger partial charge in [0.15, 0.2) is 0 Å². The van der Waals surface area contributed by atoms with Gasteiger partial charge in [-0.05, 0) is 12.1 Å². The quantitative estimate of drug-likeness (QED) is 0.530. The molecule has 1 N–H and O–H groups in total. The maximum absolute atomic E-state index is 11.7. The largest absolute Gasteiger partial charge is 0.324 e. The Morgan fingerprint density at radius 3 is 2.83 bits per heavy atom. The Bertz CT molecular complexity index is 615. The number of hydrogen-bond donors (Lipinski definition) is 1. The molecule has 0 saturated heterocycles. The highest BCUT2D eigenvalue weighted by atomic mass is 35.5. The van der Waals surface area contributed by atoms with Crippen molar-refractivity contribution < 1.29 is 9.72 Å². The number of carbonyl (C=O) groups excluding carboxylic acids is 1. The monoisotopic (exact) mass is 284 g/mol. The molecule has 0 unspecified atom stereocenters. The van der Waals surface area contributed by atoms with Gasteiger partial charge in [0.1, 0.15) is 5.15 Å². The van der Waals surface area contributed by atoms with Gasteiger partial charge in [0.2, 0.25) is 5.95 Å². The zero-order valence-electron chi connectivity index (χ0n) is 8.66. The zero-order chi connectivity index (χ0) is 13.1. The van der Waals surface area contributed by atoms with E-state index in [-0.39, 0.29) is 21.0 Å². The number of nitro groups is 1. The number of amides is 1. The lowest BCUT2D eigenvalue weighted by Gasteiger charge is -2.00. The molecule has 1 amide bonds. The molecule has 7 nitrogen and oxygen atoms in total. The van der Waals surface area contributed by atoms with Crippen LogP contribution in [-0.2, 0) is 0 Å². The van der Waals surface area contributed by atoms with Crippen LogP contribution in [0, 0.1) is 10.1 Å².